The number of nitrogens with zero attached hydrogens (tertiary/aromatic N) is 6. The second-order valence-electron chi connectivity index (χ2n) is 8.14. The number of halogens is 2. The minimum absolute atomic E-state index is 0. The standard InChI is InChI=1S/C22H34FN7S.HI/c1-17(2)16-30-20(26-27-22(30)31-4)6-5-11-25-21(24-3)29-14-12-28(13-15-29)19-9-7-18(23)8-10-19;/h7-10,17H,5-6,11-16H2,1-4H3,(H,24,25);1H. The van der Waals surface area contributed by atoms with Crippen LogP contribution in [-0.2, 0) is 13.0 Å². The van der Waals surface area contributed by atoms with Gasteiger partial charge < -0.3 is 19.7 Å². The van der Waals surface area contributed by atoms with Crippen LogP contribution >= 0.6 is 35.7 Å². The average Bonchev–Trinajstić information content (AvgIpc) is 3.15. The molecule has 178 valence electrons. The number of thioether (sulfide) groups is 1. The highest BCUT2D eigenvalue weighted by atomic mass is 127. The molecule has 1 aliphatic rings. The number of anilines is 1. The lowest BCUT2D eigenvalue weighted by Crippen LogP contribution is -2.52. The SMILES string of the molecule is CN=C(NCCCc1nnc(SC)n1CC(C)C)N1CCN(c2ccc(F)cc2)CC1.I. The van der Waals surface area contributed by atoms with E-state index in [-0.39, 0.29) is 29.8 Å². The normalized spacial score (nSPS) is 14.6. The Kier molecular flexibility index (Phi) is 11.0. The number of hydrogen-bond donors (Lipinski definition) is 1. The van der Waals surface area contributed by atoms with Crippen LogP contribution in [0, 0.1) is 11.7 Å². The number of hydrogen-bond acceptors (Lipinski definition) is 5. The van der Waals surface area contributed by atoms with Gasteiger partial charge in [-0.2, -0.15) is 0 Å². The van der Waals surface area contributed by atoms with Crippen LogP contribution in [0.5, 0.6) is 0 Å². The number of aryl methyl sites for hydroxylation is 1. The largest absolute Gasteiger partial charge is 0.368 e. The van der Waals surface area contributed by atoms with Crippen LogP contribution in [0.4, 0.5) is 10.1 Å². The second-order valence-corrected chi connectivity index (χ2v) is 8.91. The zero-order chi connectivity index (χ0) is 22.2. The van der Waals surface area contributed by atoms with Crippen LogP contribution in [0.1, 0.15) is 26.1 Å². The third-order valence-corrected chi connectivity index (χ3v) is 6.03. The summed E-state index contributed by atoms with van der Waals surface area (Å²) in [6, 6.07) is 6.73. The van der Waals surface area contributed by atoms with Crippen molar-refractivity contribution >= 4 is 47.4 Å². The Balaban J connectivity index is 0.00000363. The lowest BCUT2D eigenvalue weighted by molar-refractivity contribution is 0.372. The first-order valence-electron chi connectivity index (χ1n) is 10.9. The monoisotopic (exact) mass is 575 g/mol. The Hall–Kier alpha value is -1.56. The van der Waals surface area contributed by atoms with Gasteiger partial charge in [-0.3, -0.25) is 4.99 Å². The molecule has 0 spiro atoms. The van der Waals surface area contributed by atoms with Crippen molar-refractivity contribution in [1.82, 2.24) is 25.0 Å². The summed E-state index contributed by atoms with van der Waals surface area (Å²) < 4.78 is 15.4. The molecule has 0 amide bonds. The fraction of sp³-hybridized carbons (Fsp3) is 0.591. The van der Waals surface area contributed by atoms with Gasteiger partial charge in [-0.25, -0.2) is 4.39 Å². The van der Waals surface area contributed by atoms with Crippen LogP contribution in [0.25, 0.3) is 0 Å². The van der Waals surface area contributed by atoms with Crippen molar-refractivity contribution in [2.45, 2.75) is 38.4 Å². The Morgan fingerprint density at radius 3 is 2.44 bits per heavy atom. The zero-order valence-corrected chi connectivity index (χ0v) is 22.6. The third-order valence-electron chi connectivity index (χ3n) is 5.37. The van der Waals surface area contributed by atoms with Crippen molar-refractivity contribution in [3.05, 3.63) is 35.9 Å². The van der Waals surface area contributed by atoms with E-state index in [2.05, 4.69) is 48.7 Å². The Bertz CT molecular complexity index is 848. The van der Waals surface area contributed by atoms with E-state index in [4.69, 9.17) is 0 Å². The van der Waals surface area contributed by atoms with E-state index < -0.39 is 0 Å². The fourth-order valence-electron chi connectivity index (χ4n) is 3.81. The number of rotatable bonds is 8. The van der Waals surface area contributed by atoms with Crippen LogP contribution in [0.3, 0.4) is 0 Å². The van der Waals surface area contributed by atoms with Gasteiger partial charge in [-0.05, 0) is 42.9 Å². The molecular weight excluding hydrogens is 540 g/mol. The molecule has 0 radical (unpaired) electrons. The first-order chi connectivity index (χ1) is 15.0. The van der Waals surface area contributed by atoms with Gasteiger partial charge in [0.05, 0.1) is 0 Å². The van der Waals surface area contributed by atoms with Crippen molar-refractivity contribution in [3.8, 4) is 0 Å². The summed E-state index contributed by atoms with van der Waals surface area (Å²) in [5.74, 6) is 2.36. The summed E-state index contributed by atoms with van der Waals surface area (Å²) in [5.41, 5.74) is 1.07. The van der Waals surface area contributed by atoms with E-state index in [1.807, 2.05) is 25.4 Å². The van der Waals surface area contributed by atoms with Crippen molar-refractivity contribution in [1.29, 1.82) is 0 Å². The van der Waals surface area contributed by atoms with Gasteiger partial charge in [0.15, 0.2) is 11.1 Å². The molecule has 0 saturated carbocycles. The molecule has 1 aliphatic heterocycles. The van der Waals surface area contributed by atoms with Crippen LogP contribution in [-0.4, -0.2) is 71.7 Å². The molecule has 0 bridgehead atoms. The van der Waals surface area contributed by atoms with E-state index in [0.717, 1.165) is 74.7 Å². The molecule has 2 heterocycles. The van der Waals surface area contributed by atoms with Crippen LogP contribution < -0.4 is 10.2 Å². The maximum absolute atomic E-state index is 13.2. The summed E-state index contributed by atoms with van der Waals surface area (Å²) in [6.07, 6.45) is 3.91. The number of piperazine rings is 1. The van der Waals surface area contributed by atoms with Crippen molar-refractivity contribution in [3.63, 3.8) is 0 Å². The molecule has 1 N–H and O–H groups in total. The highest BCUT2D eigenvalue weighted by molar-refractivity contribution is 14.0. The molecule has 2 aromatic rings. The summed E-state index contributed by atoms with van der Waals surface area (Å²) in [6.45, 7) is 9.78. The smallest absolute Gasteiger partial charge is 0.193 e. The average molecular weight is 576 g/mol. The highest BCUT2D eigenvalue weighted by Crippen LogP contribution is 2.18. The molecular formula is C22H35FIN7S. The third kappa shape index (κ3) is 7.23. The Morgan fingerprint density at radius 2 is 1.84 bits per heavy atom. The summed E-state index contributed by atoms with van der Waals surface area (Å²) in [5, 5.41) is 13.2. The van der Waals surface area contributed by atoms with Crippen molar-refractivity contribution in [2.75, 3.05) is 50.9 Å². The van der Waals surface area contributed by atoms with E-state index in [1.165, 1.54) is 12.1 Å². The van der Waals surface area contributed by atoms with Crippen LogP contribution in [0.15, 0.2) is 34.4 Å². The van der Waals surface area contributed by atoms with Gasteiger partial charge in [-0.15, -0.1) is 34.2 Å². The van der Waals surface area contributed by atoms with Gasteiger partial charge in [0.2, 0.25) is 0 Å². The molecule has 0 unspecified atom stereocenters. The lowest BCUT2D eigenvalue weighted by atomic mass is 10.2. The van der Waals surface area contributed by atoms with Crippen molar-refractivity contribution in [2.24, 2.45) is 10.9 Å². The summed E-state index contributed by atoms with van der Waals surface area (Å²) in [4.78, 5) is 9.04. The first kappa shape index (κ1) is 26.7. The molecule has 1 aromatic heterocycles. The maximum Gasteiger partial charge on any atom is 0.193 e. The van der Waals surface area contributed by atoms with Gasteiger partial charge in [0.1, 0.15) is 11.6 Å². The second kappa shape index (κ2) is 13.2. The summed E-state index contributed by atoms with van der Waals surface area (Å²) >= 11 is 1.65. The molecule has 0 aliphatic carbocycles. The Morgan fingerprint density at radius 1 is 1.16 bits per heavy atom. The minimum Gasteiger partial charge on any atom is -0.368 e. The van der Waals surface area contributed by atoms with E-state index in [0.29, 0.717) is 5.92 Å². The van der Waals surface area contributed by atoms with Gasteiger partial charge in [0.25, 0.3) is 0 Å². The predicted molar refractivity (Wildman–Crippen MR) is 142 cm³/mol. The minimum atomic E-state index is -0.195. The molecule has 3 rings (SSSR count). The van der Waals surface area contributed by atoms with Gasteiger partial charge in [-0.1, -0.05) is 25.6 Å². The quantitative estimate of drug-likeness (QED) is 0.170. The van der Waals surface area contributed by atoms with Crippen LogP contribution in [0.2, 0.25) is 0 Å². The number of benzene rings is 1. The first-order valence-corrected chi connectivity index (χ1v) is 12.2. The predicted octanol–water partition coefficient (Wildman–Crippen LogP) is 3.74. The maximum atomic E-state index is 13.2. The van der Waals surface area contributed by atoms with E-state index >= 15 is 0 Å². The van der Waals surface area contributed by atoms with Gasteiger partial charge in [0, 0.05) is 58.4 Å². The number of aliphatic imine (C=N–C) groups is 1. The van der Waals surface area contributed by atoms with E-state index in [1.54, 1.807) is 11.8 Å². The zero-order valence-electron chi connectivity index (χ0n) is 19.4. The Labute approximate surface area is 212 Å². The lowest BCUT2D eigenvalue weighted by Gasteiger charge is -2.37. The molecule has 1 saturated heterocycles. The number of aromatic nitrogens is 3. The fourth-order valence-corrected chi connectivity index (χ4v) is 4.33. The molecule has 0 atom stereocenters. The number of nitrogens with one attached hydrogen (secondary N) is 1. The molecule has 32 heavy (non-hydrogen) atoms. The van der Waals surface area contributed by atoms with Crippen molar-refractivity contribution < 1.29 is 4.39 Å². The number of guanidine groups is 1. The molecule has 7 nitrogen and oxygen atoms in total. The van der Waals surface area contributed by atoms with E-state index in [9.17, 15) is 4.39 Å². The molecule has 10 heteroatoms. The molecule has 1 aromatic carbocycles. The topological polar surface area (TPSA) is 61.6 Å². The highest BCUT2D eigenvalue weighted by Gasteiger charge is 2.20. The molecule has 1 fully saturated rings. The van der Waals surface area contributed by atoms with Gasteiger partial charge >= 0.3 is 0 Å². The summed E-state index contributed by atoms with van der Waals surface area (Å²) in [7, 11) is 1.83.